The summed E-state index contributed by atoms with van der Waals surface area (Å²) in [6.07, 6.45) is 2.05. The Bertz CT molecular complexity index is 1210. The van der Waals surface area contributed by atoms with Crippen LogP contribution >= 0.6 is 0 Å². The molecule has 0 radical (unpaired) electrons. The molecule has 30 heavy (non-hydrogen) atoms. The molecular weight excluding hydrogens is 400 g/mol. The highest BCUT2D eigenvalue weighted by atomic mass is 32.2. The third kappa shape index (κ3) is 4.04. The van der Waals surface area contributed by atoms with Crippen molar-refractivity contribution in [3.05, 3.63) is 77.0 Å². The molecule has 7 nitrogen and oxygen atoms in total. The van der Waals surface area contributed by atoms with E-state index in [4.69, 9.17) is 0 Å². The van der Waals surface area contributed by atoms with Crippen LogP contribution in [0.4, 0.5) is 0 Å². The van der Waals surface area contributed by atoms with Gasteiger partial charge in [-0.25, -0.2) is 18.4 Å². The second-order valence-corrected chi connectivity index (χ2v) is 9.25. The molecule has 2 aliphatic heterocycles. The molecule has 2 aromatic rings. The fraction of sp³-hybridized carbons (Fsp3) is 0.227. The molecule has 2 aliphatic rings. The lowest BCUT2D eigenvalue weighted by molar-refractivity contribution is 0.0976. The molecule has 2 heterocycles. The van der Waals surface area contributed by atoms with Gasteiger partial charge in [-0.15, -0.1) is 0 Å². The average Bonchev–Trinajstić information content (AvgIpc) is 2.73. The monoisotopic (exact) mass is 422 g/mol. The van der Waals surface area contributed by atoms with Gasteiger partial charge in [0.1, 0.15) is 0 Å². The average molecular weight is 423 g/mol. The zero-order chi connectivity index (χ0) is 21.3. The van der Waals surface area contributed by atoms with E-state index in [1.165, 1.54) is 4.31 Å². The number of hydrogen-bond donors (Lipinski definition) is 1. The third-order valence-electron chi connectivity index (χ3n) is 4.98. The lowest BCUT2D eigenvalue weighted by atomic mass is 10.1. The number of fused-ring (bicyclic) bond motifs is 1. The SMILES string of the molecule is Cc1cccc(C(=O)NC2=NCC3=CN(S(=O)(=O)c4cccc(C)c4)CCC3=N2)c1. The number of carbonyl (C=O) groups excluding carboxylic acids is 1. The van der Waals surface area contributed by atoms with Crippen molar-refractivity contribution in [3.8, 4) is 0 Å². The number of sulfonamides is 1. The molecule has 0 unspecified atom stereocenters. The Balaban J connectivity index is 1.51. The Kier molecular flexibility index (Phi) is 5.26. The van der Waals surface area contributed by atoms with Crippen molar-refractivity contribution in [1.82, 2.24) is 9.62 Å². The number of nitrogens with one attached hydrogen (secondary N) is 1. The van der Waals surface area contributed by atoms with E-state index < -0.39 is 10.0 Å². The summed E-state index contributed by atoms with van der Waals surface area (Å²) in [5.74, 6) is -0.0164. The van der Waals surface area contributed by atoms with Gasteiger partial charge in [-0.2, -0.15) is 0 Å². The smallest absolute Gasteiger partial charge is 0.263 e. The summed E-state index contributed by atoms with van der Waals surface area (Å²) < 4.78 is 27.3. The van der Waals surface area contributed by atoms with E-state index in [0.717, 1.165) is 22.4 Å². The number of nitrogens with zero attached hydrogens (tertiary/aromatic N) is 3. The molecule has 0 atom stereocenters. The van der Waals surface area contributed by atoms with Gasteiger partial charge in [0.25, 0.3) is 15.9 Å². The largest absolute Gasteiger partial charge is 0.291 e. The predicted molar refractivity (Wildman–Crippen MR) is 116 cm³/mol. The van der Waals surface area contributed by atoms with Gasteiger partial charge in [-0.1, -0.05) is 29.8 Å². The van der Waals surface area contributed by atoms with Crippen molar-refractivity contribution in [2.24, 2.45) is 9.98 Å². The van der Waals surface area contributed by atoms with E-state index in [2.05, 4.69) is 15.3 Å². The lowest BCUT2D eigenvalue weighted by Gasteiger charge is -2.28. The van der Waals surface area contributed by atoms with Gasteiger partial charge in [0.05, 0.1) is 17.2 Å². The highest BCUT2D eigenvalue weighted by Gasteiger charge is 2.28. The minimum absolute atomic E-state index is 0.253. The van der Waals surface area contributed by atoms with Gasteiger partial charge in [-0.3, -0.25) is 14.4 Å². The van der Waals surface area contributed by atoms with Crippen molar-refractivity contribution in [1.29, 1.82) is 0 Å². The van der Waals surface area contributed by atoms with Gasteiger partial charge in [-0.05, 0) is 43.7 Å². The Morgan fingerprint density at radius 2 is 1.80 bits per heavy atom. The van der Waals surface area contributed by atoms with Crippen molar-refractivity contribution < 1.29 is 13.2 Å². The Labute approximate surface area is 175 Å². The highest BCUT2D eigenvalue weighted by molar-refractivity contribution is 7.89. The van der Waals surface area contributed by atoms with Crippen LogP contribution in [0, 0.1) is 13.8 Å². The topological polar surface area (TPSA) is 91.2 Å². The Hall–Kier alpha value is -3.26. The third-order valence-corrected chi connectivity index (χ3v) is 6.74. The minimum Gasteiger partial charge on any atom is -0.291 e. The maximum atomic E-state index is 13.0. The van der Waals surface area contributed by atoms with Crippen LogP contribution in [0.2, 0.25) is 0 Å². The van der Waals surface area contributed by atoms with Crippen molar-refractivity contribution in [2.45, 2.75) is 25.2 Å². The van der Waals surface area contributed by atoms with Crippen LogP contribution in [-0.2, 0) is 10.0 Å². The summed E-state index contributed by atoms with van der Waals surface area (Å²) >= 11 is 0. The van der Waals surface area contributed by atoms with Crippen LogP contribution in [0.3, 0.4) is 0 Å². The van der Waals surface area contributed by atoms with Crippen LogP contribution in [0.1, 0.15) is 27.9 Å². The molecule has 8 heteroatoms. The molecule has 2 aromatic carbocycles. The normalized spacial score (nSPS) is 16.2. The maximum Gasteiger partial charge on any atom is 0.263 e. The molecule has 0 aromatic heterocycles. The summed E-state index contributed by atoms with van der Waals surface area (Å²) in [4.78, 5) is 21.5. The highest BCUT2D eigenvalue weighted by Crippen LogP contribution is 2.24. The first-order valence-corrected chi connectivity index (χ1v) is 11.1. The molecule has 0 spiro atoms. The first-order valence-electron chi connectivity index (χ1n) is 9.62. The molecular formula is C22H22N4O3S. The van der Waals surface area contributed by atoms with Crippen LogP contribution in [-0.4, -0.2) is 43.4 Å². The zero-order valence-electron chi connectivity index (χ0n) is 16.8. The lowest BCUT2D eigenvalue weighted by Crippen LogP contribution is -2.37. The quantitative estimate of drug-likeness (QED) is 0.825. The number of guanidine groups is 1. The fourth-order valence-corrected chi connectivity index (χ4v) is 4.85. The summed E-state index contributed by atoms with van der Waals surface area (Å²) in [6, 6.07) is 14.1. The van der Waals surface area contributed by atoms with Gasteiger partial charge in [0, 0.05) is 30.3 Å². The van der Waals surface area contributed by atoms with Crippen molar-refractivity contribution in [2.75, 3.05) is 13.1 Å². The Morgan fingerprint density at radius 3 is 2.53 bits per heavy atom. The number of amides is 1. The summed E-state index contributed by atoms with van der Waals surface area (Å²) in [6.45, 7) is 4.34. The van der Waals surface area contributed by atoms with E-state index in [1.807, 2.05) is 32.0 Å². The Morgan fingerprint density at radius 1 is 1.07 bits per heavy atom. The molecule has 154 valence electrons. The minimum atomic E-state index is -3.62. The molecule has 0 aliphatic carbocycles. The fourth-order valence-electron chi connectivity index (χ4n) is 3.40. The van der Waals surface area contributed by atoms with Crippen LogP contribution in [0.25, 0.3) is 0 Å². The second-order valence-electron chi connectivity index (χ2n) is 7.36. The molecule has 0 fully saturated rings. The van der Waals surface area contributed by atoms with Gasteiger partial charge in [0.2, 0.25) is 5.96 Å². The van der Waals surface area contributed by atoms with Crippen molar-refractivity contribution >= 4 is 27.6 Å². The van der Waals surface area contributed by atoms with Gasteiger partial charge in [0.15, 0.2) is 0 Å². The molecule has 1 N–H and O–H groups in total. The summed E-state index contributed by atoms with van der Waals surface area (Å²) in [5.41, 5.74) is 3.91. The van der Waals surface area contributed by atoms with Crippen LogP contribution in [0.15, 0.2) is 75.2 Å². The second kappa shape index (κ2) is 7.87. The zero-order valence-corrected chi connectivity index (χ0v) is 17.6. The first kappa shape index (κ1) is 20.0. The number of rotatable bonds is 3. The van der Waals surface area contributed by atoms with E-state index in [0.29, 0.717) is 12.0 Å². The first-order chi connectivity index (χ1) is 14.3. The number of benzene rings is 2. The van der Waals surface area contributed by atoms with E-state index in [1.54, 1.807) is 36.5 Å². The predicted octanol–water partition coefficient (Wildman–Crippen LogP) is 2.82. The van der Waals surface area contributed by atoms with E-state index in [9.17, 15) is 13.2 Å². The number of aliphatic imine (C=N–C) groups is 2. The number of hydrogen-bond acceptors (Lipinski definition) is 5. The maximum absolute atomic E-state index is 13.0. The molecule has 4 rings (SSSR count). The summed E-state index contributed by atoms with van der Waals surface area (Å²) in [7, 11) is -3.62. The van der Waals surface area contributed by atoms with E-state index in [-0.39, 0.29) is 29.9 Å². The number of carbonyl (C=O) groups is 1. The molecule has 0 saturated carbocycles. The van der Waals surface area contributed by atoms with E-state index >= 15 is 0 Å². The summed E-state index contributed by atoms with van der Waals surface area (Å²) in [5, 5.41) is 2.73. The molecule has 0 saturated heterocycles. The van der Waals surface area contributed by atoms with Crippen LogP contribution in [0.5, 0.6) is 0 Å². The van der Waals surface area contributed by atoms with Crippen molar-refractivity contribution in [3.63, 3.8) is 0 Å². The van der Waals surface area contributed by atoms with Gasteiger partial charge < -0.3 is 0 Å². The van der Waals surface area contributed by atoms with Gasteiger partial charge >= 0.3 is 0 Å². The van der Waals surface area contributed by atoms with Crippen LogP contribution < -0.4 is 5.32 Å². The standard InChI is InChI=1S/C22H22N4O3S/c1-15-5-3-7-17(11-15)21(27)25-22-23-13-18-14-26(10-9-20(18)24-22)30(28,29)19-8-4-6-16(2)12-19/h3-8,11-12,14H,9-10,13H2,1-2H3,(H,23,25,27). The molecule has 1 amide bonds. The number of aryl methyl sites for hydroxylation is 2. The molecule has 0 bridgehead atoms.